The van der Waals surface area contributed by atoms with E-state index < -0.39 is 48.0 Å². The SMILES string of the molecule is Cc1ccccc1NC(=O)C(c1ccccc1)N(CC#N)C(=O)C(CCC(N)=O)NC(=O)OC(C)(C)C. The molecule has 4 N–H and O–H groups in total. The molecule has 0 heterocycles. The molecule has 4 amide bonds. The van der Waals surface area contributed by atoms with Crippen molar-refractivity contribution in [2.75, 3.05) is 11.9 Å². The van der Waals surface area contributed by atoms with Gasteiger partial charge >= 0.3 is 6.09 Å². The highest BCUT2D eigenvalue weighted by Gasteiger charge is 2.36. The second-order valence-electron chi connectivity index (χ2n) is 9.45. The molecule has 0 aromatic heterocycles. The highest BCUT2D eigenvalue weighted by Crippen LogP contribution is 2.25. The maximum Gasteiger partial charge on any atom is 0.408 e. The Morgan fingerprint density at radius 2 is 1.68 bits per heavy atom. The van der Waals surface area contributed by atoms with E-state index in [1.165, 1.54) is 0 Å². The van der Waals surface area contributed by atoms with E-state index >= 15 is 0 Å². The van der Waals surface area contributed by atoms with E-state index in [0.717, 1.165) is 10.5 Å². The molecule has 2 atom stereocenters. The first-order valence-corrected chi connectivity index (χ1v) is 11.8. The fraction of sp³-hybridized carbons (Fsp3) is 0.370. The number of carbonyl (C=O) groups excluding carboxylic acids is 4. The largest absolute Gasteiger partial charge is 0.444 e. The summed E-state index contributed by atoms with van der Waals surface area (Å²) in [5, 5.41) is 14.9. The van der Waals surface area contributed by atoms with Crippen LogP contribution in [0.25, 0.3) is 0 Å². The van der Waals surface area contributed by atoms with Crippen LogP contribution >= 0.6 is 0 Å². The summed E-state index contributed by atoms with van der Waals surface area (Å²) in [4.78, 5) is 52.4. The van der Waals surface area contributed by atoms with E-state index in [2.05, 4.69) is 10.6 Å². The van der Waals surface area contributed by atoms with Crippen molar-refractivity contribution in [3.63, 3.8) is 0 Å². The van der Waals surface area contributed by atoms with Crippen molar-refractivity contribution in [2.24, 2.45) is 5.73 Å². The van der Waals surface area contributed by atoms with Gasteiger partial charge in [0.15, 0.2) is 0 Å². The van der Waals surface area contributed by atoms with Crippen molar-refractivity contribution in [1.29, 1.82) is 5.26 Å². The zero-order valence-electron chi connectivity index (χ0n) is 21.5. The van der Waals surface area contributed by atoms with E-state index in [1.54, 1.807) is 63.2 Å². The Balaban J connectivity index is 2.47. The van der Waals surface area contributed by atoms with Gasteiger partial charge < -0.3 is 26.0 Å². The lowest BCUT2D eigenvalue weighted by molar-refractivity contribution is -0.140. The number of hydrogen-bond acceptors (Lipinski definition) is 6. The van der Waals surface area contributed by atoms with Gasteiger partial charge in [-0.1, -0.05) is 48.5 Å². The van der Waals surface area contributed by atoms with Crippen LogP contribution in [-0.4, -0.2) is 46.9 Å². The molecule has 37 heavy (non-hydrogen) atoms. The minimum Gasteiger partial charge on any atom is -0.444 e. The number of hydrogen-bond donors (Lipinski definition) is 3. The number of anilines is 1. The lowest BCUT2D eigenvalue weighted by atomic mass is 10.0. The summed E-state index contributed by atoms with van der Waals surface area (Å²) in [5.41, 5.74) is 6.27. The molecule has 196 valence electrons. The Bertz CT molecular complexity index is 1150. The van der Waals surface area contributed by atoms with Crippen LogP contribution in [0, 0.1) is 18.3 Å². The van der Waals surface area contributed by atoms with E-state index in [-0.39, 0.29) is 12.8 Å². The van der Waals surface area contributed by atoms with Gasteiger partial charge in [-0.3, -0.25) is 14.4 Å². The van der Waals surface area contributed by atoms with Gasteiger partial charge in [-0.15, -0.1) is 0 Å². The third-order valence-corrected chi connectivity index (χ3v) is 5.27. The first-order chi connectivity index (χ1) is 17.4. The number of ether oxygens (including phenoxy) is 1. The summed E-state index contributed by atoms with van der Waals surface area (Å²) >= 11 is 0. The zero-order chi connectivity index (χ0) is 27.6. The third-order valence-electron chi connectivity index (χ3n) is 5.27. The normalized spacial score (nSPS) is 12.4. The Hall–Kier alpha value is -4.39. The van der Waals surface area contributed by atoms with Crippen LogP contribution in [0.15, 0.2) is 54.6 Å². The van der Waals surface area contributed by atoms with Crippen LogP contribution in [0.3, 0.4) is 0 Å². The Kier molecular flexibility index (Phi) is 10.2. The van der Waals surface area contributed by atoms with E-state index in [4.69, 9.17) is 10.5 Å². The van der Waals surface area contributed by atoms with Gasteiger partial charge in [0.05, 0.1) is 6.07 Å². The molecular formula is C27H33N5O5. The molecule has 2 aromatic carbocycles. The molecule has 2 aromatic rings. The van der Waals surface area contributed by atoms with Gasteiger partial charge in [-0.2, -0.15) is 5.26 Å². The molecule has 10 nitrogen and oxygen atoms in total. The minimum atomic E-state index is -1.27. The summed E-state index contributed by atoms with van der Waals surface area (Å²) in [6, 6.07) is 15.1. The van der Waals surface area contributed by atoms with Crippen molar-refractivity contribution in [2.45, 2.75) is 58.2 Å². The topological polar surface area (TPSA) is 155 Å². The summed E-state index contributed by atoms with van der Waals surface area (Å²) in [5.74, 6) is -1.95. The number of alkyl carbamates (subject to hydrolysis) is 1. The maximum atomic E-state index is 13.8. The van der Waals surface area contributed by atoms with Crippen molar-refractivity contribution >= 4 is 29.5 Å². The Labute approximate surface area is 216 Å². The fourth-order valence-corrected chi connectivity index (χ4v) is 3.59. The minimum absolute atomic E-state index is 0.143. The monoisotopic (exact) mass is 507 g/mol. The average Bonchev–Trinajstić information content (AvgIpc) is 2.82. The molecule has 0 aliphatic carbocycles. The third kappa shape index (κ3) is 8.96. The summed E-state index contributed by atoms with van der Waals surface area (Å²) in [6.45, 7) is 6.36. The van der Waals surface area contributed by atoms with Gasteiger partial charge in [-0.25, -0.2) is 4.79 Å². The summed E-state index contributed by atoms with van der Waals surface area (Å²) in [6.07, 6.45) is -1.23. The van der Waals surface area contributed by atoms with Crippen LogP contribution < -0.4 is 16.4 Å². The first-order valence-electron chi connectivity index (χ1n) is 11.8. The van der Waals surface area contributed by atoms with Crippen LogP contribution in [0.5, 0.6) is 0 Å². The van der Waals surface area contributed by atoms with Crippen molar-refractivity contribution < 1.29 is 23.9 Å². The number of amides is 4. The van der Waals surface area contributed by atoms with Crippen LogP contribution in [0.2, 0.25) is 0 Å². The lowest BCUT2D eigenvalue weighted by Gasteiger charge is -2.33. The van der Waals surface area contributed by atoms with Gasteiger partial charge in [0.2, 0.25) is 11.8 Å². The van der Waals surface area contributed by atoms with E-state index in [0.29, 0.717) is 11.3 Å². The molecule has 2 unspecified atom stereocenters. The molecular weight excluding hydrogens is 474 g/mol. The lowest BCUT2D eigenvalue weighted by Crippen LogP contribution is -2.52. The Morgan fingerprint density at radius 3 is 2.24 bits per heavy atom. The molecule has 0 saturated carbocycles. The smallest absolute Gasteiger partial charge is 0.408 e. The van der Waals surface area contributed by atoms with Gasteiger partial charge in [-0.05, 0) is 51.3 Å². The molecule has 0 radical (unpaired) electrons. The number of nitrogens with two attached hydrogens (primary N) is 1. The number of rotatable bonds is 10. The quantitative estimate of drug-likeness (QED) is 0.420. The number of aryl methyl sites for hydroxylation is 1. The first kappa shape index (κ1) is 28.8. The predicted octanol–water partition coefficient (Wildman–Crippen LogP) is 3.19. The summed E-state index contributed by atoms with van der Waals surface area (Å²) < 4.78 is 5.27. The highest BCUT2D eigenvalue weighted by atomic mass is 16.6. The fourth-order valence-electron chi connectivity index (χ4n) is 3.59. The van der Waals surface area contributed by atoms with Crippen LogP contribution in [0.1, 0.15) is 50.8 Å². The van der Waals surface area contributed by atoms with Crippen molar-refractivity contribution in [3.8, 4) is 6.07 Å². The van der Waals surface area contributed by atoms with Gasteiger partial charge in [0.25, 0.3) is 5.91 Å². The molecule has 0 aliphatic heterocycles. The highest BCUT2D eigenvalue weighted by molar-refractivity contribution is 5.99. The van der Waals surface area contributed by atoms with Crippen LogP contribution in [0.4, 0.5) is 10.5 Å². The standard InChI is InChI=1S/C27H33N5O5/c1-18-10-8-9-13-20(18)30-24(34)23(19-11-6-5-7-12-19)32(17-16-28)25(35)21(14-15-22(29)33)31-26(36)37-27(2,3)4/h5-13,21,23H,14-15,17H2,1-4H3,(H2,29,33)(H,30,34)(H,31,36). The number of nitrogens with zero attached hydrogens (tertiary/aromatic N) is 2. The molecule has 0 fully saturated rings. The van der Waals surface area contributed by atoms with Gasteiger partial charge in [0, 0.05) is 12.1 Å². The molecule has 10 heteroatoms. The van der Waals surface area contributed by atoms with Crippen molar-refractivity contribution in [3.05, 3.63) is 65.7 Å². The van der Waals surface area contributed by atoms with Crippen molar-refractivity contribution in [1.82, 2.24) is 10.2 Å². The number of benzene rings is 2. The second-order valence-corrected chi connectivity index (χ2v) is 9.45. The van der Waals surface area contributed by atoms with Crippen LogP contribution in [-0.2, 0) is 19.1 Å². The van der Waals surface area contributed by atoms with E-state index in [9.17, 15) is 24.4 Å². The molecule has 0 saturated heterocycles. The number of carbonyl (C=O) groups is 4. The van der Waals surface area contributed by atoms with Gasteiger partial charge in [0.1, 0.15) is 24.2 Å². The molecule has 0 spiro atoms. The molecule has 0 aliphatic rings. The molecule has 2 rings (SSSR count). The maximum absolute atomic E-state index is 13.8. The average molecular weight is 508 g/mol. The second kappa shape index (κ2) is 13.1. The number of nitriles is 1. The number of para-hydroxylation sites is 1. The predicted molar refractivity (Wildman–Crippen MR) is 138 cm³/mol. The summed E-state index contributed by atoms with van der Waals surface area (Å²) in [7, 11) is 0. The van der Waals surface area contributed by atoms with E-state index in [1.807, 2.05) is 25.1 Å². The zero-order valence-corrected chi connectivity index (χ0v) is 21.5. The Morgan fingerprint density at radius 1 is 1.05 bits per heavy atom. The number of primary amides is 1. The molecule has 0 bridgehead atoms. The number of nitrogens with one attached hydrogen (secondary N) is 2.